The van der Waals surface area contributed by atoms with E-state index in [1.165, 1.54) is 0 Å². The number of aliphatic hydroxyl groups is 1. The lowest BCUT2D eigenvalue weighted by atomic mass is 10.0. The molecule has 13 heavy (non-hydrogen) atoms. The van der Waals surface area contributed by atoms with Crippen LogP contribution in [0.3, 0.4) is 0 Å². The third-order valence-corrected chi connectivity index (χ3v) is 3.50. The molecule has 4 heteroatoms. The van der Waals surface area contributed by atoms with Crippen LogP contribution in [0.5, 0.6) is 0 Å². The maximum Gasteiger partial charge on any atom is 0.0705 e. The molecule has 0 fully saturated rings. The molecule has 1 rings (SSSR count). The predicted octanol–water partition coefficient (Wildman–Crippen LogP) is 2.33. The second-order valence-corrected chi connectivity index (χ2v) is 4.45. The number of halogens is 2. The van der Waals surface area contributed by atoms with Gasteiger partial charge in [0, 0.05) is 3.57 Å². The van der Waals surface area contributed by atoms with Crippen molar-refractivity contribution in [3.8, 4) is 0 Å². The Morgan fingerprint density at radius 2 is 2.15 bits per heavy atom. The molecule has 0 radical (unpaired) electrons. The average molecular weight is 312 g/mol. The molecule has 0 spiro atoms. The first-order chi connectivity index (χ1) is 6.04. The van der Waals surface area contributed by atoms with E-state index in [0.29, 0.717) is 5.02 Å². The Morgan fingerprint density at radius 1 is 1.54 bits per heavy atom. The van der Waals surface area contributed by atoms with E-state index in [2.05, 4.69) is 22.6 Å². The summed E-state index contributed by atoms with van der Waals surface area (Å²) in [5, 5.41) is 9.94. The third kappa shape index (κ3) is 2.56. The molecule has 0 aliphatic heterocycles. The Balaban J connectivity index is 3.07. The number of aliphatic hydroxyl groups excluding tert-OH is 1. The molecule has 0 unspecified atom stereocenters. The van der Waals surface area contributed by atoms with Gasteiger partial charge in [0.05, 0.1) is 17.2 Å². The number of hydrogen-bond acceptors (Lipinski definition) is 2. The van der Waals surface area contributed by atoms with E-state index in [4.69, 9.17) is 17.3 Å². The number of benzene rings is 1. The van der Waals surface area contributed by atoms with Gasteiger partial charge in [-0.05, 0) is 41.1 Å². The van der Waals surface area contributed by atoms with Crippen LogP contribution in [0, 0.1) is 3.57 Å². The molecule has 0 bridgehead atoms. The van der Waals surface area contributed by atoms with E-state index < -0.39 is 12.1 Å². The highest BCUT2D eigenvalue weighted by molar-refractivity contribution is 14.1. The van der Waals surface area contributed by atoms with E-state index in [0.717, 1.165) is 9.13 Å². The molecule has 3 N–H and O–H groups in total. The first-order valence-corrected chi connectivity index (χ1v) is 5.37. The van der Waals surface area contributed by atoms with Gasteiger partial charge < -0.3 is 10.8 Å². The zero-order valence-electron chi connectivity index (χ0n) is 7.17. The van der Waals surface area contributed by atoms with Gasteiger partial charge in [-0.25, -0.2) is 0 Å². The monoisotopic (exact) mass is 311 g/mol. The van der Waals surface area contributed by atoms with Crippen LogP contribution in [0.15, 0.2) is 18.2 Å². The summed E-state index contributed by atoms with van der Waals surface area (Å²) in [4.78, 5) is 0. The molecular weight excluding hydrogens is 300 g/mol. The summed E-state index contributed by atoms with van der Waals surface area (Å²) < 4.78 is 0.952. The topological polar surface area (TPSA) is 46.2 Å². The molecule has 1 aromatic carbocycles. The summed E-state index contributed by atoms with van der Waals surface area (Å²) in [7, 11) is 0. The van der Waals surface area contributed by atoms with Crippen molar-refractivity contribution >= 4 is 34.2 Å². The van der Waals surface area contributed by atoms with Crippen LogP contribution >= 0.6 is 34.2 Å². The van der Waals surface area contributed by atoms with Crippen LogP contribution < -0.4 is 5.73 Å². The van der Waals surface area contributed by atoms with Gasteiger partial charge in [0.1, 0.15) is 0 Å². The largest absolute Gasteiger partial charge is 0.391 e. The SMILES string of the molecule is C[C@@H](O)[C@H](N)c1cccc(I)c1Cl. The molecule has 2 atom stereocenters. The van der Waals surface area contributed by atoms with Gasteiger partial charge in [-0.15, -0.1) is 0 Å². The molecule has 0 amide bonds. The highest BCUT2D eigenvalue weighted by Gasteiger charge is 2.15. The van der Waals surface area contributed by atoms with E-state index in [-0.39, 0.29) is 0 Å². The molecular formula is C9H11ClINO. The van der Waals surface area contributed by atoms with Gasteiger partial charge in [0.25, 0.3) is 0 Å². The van der Waals surface area contributed by atoms with Crippen molar-refractivity contribution < 1.29 is 5.11 Å². The lowest BCUT2D eigenvalue weighted by molar-refractivity contribution is 0.164. The lowest BCUT2D eigenvalue weighted by Crippen LogP contribution is -2.23. The van der Waals surface area contributed by atoms with E-state index >= 15 is 0 Å². The Bertz CT molecular complexity index is 304. The zero-order chi connectivity index (χ0) is 10.0. The van der Waals surface area contributed by atoms with Crippen molar-refractivity contribution in [1.29, 1.82) is 0 Å². The molecule has 0 heterocycles. The van der Waals surface area contributed by atoms with Crippen molar-refractivity contribution in [3.63, 3.8) is 0 Å². The van der Waals surface area contributed by atoms with Gasteiger partial charge in [-0.1, -0.05) is 23.7 Å². The predicted molar refractivity (Wildman–Crippen MR) is 62.8 cm³/mol. The molecule has 72 valence electrons. The summed E-state index contributed by atoms with van der Waals surface area (Å²) in [5.41, 5.74) is 6.56. The number of rotatable bonds is 2. The Hall–Kier alpha value is 0.160. The van der Waals surface area contributed by atoms with Crippen molar-refractivity contribution in [3.05, 3.63) is 32.4 Å². The molecule has 0 aliphatic rings. The minimum Gasteiger partial charge on any atom is -0.391 e. The van der Waals surface area contributed by atoms with E-state index in [1.54, 1.807) is 6.92 Å². The van der Waals surface area contributed by atoms with Gasteiger partial charge in [0.15, 0.2) is 0 Å². The minimum atomic E-state index is -0.587. The smallest absolute Gasteiger partial charge is 0.0705 e. The minimum absolute atomic E-state index is 0.415. The molecule has 0 aliphatic carbocycles. The fourth-order valence-corrected chi connectivity index (χ4v) is 1.81. The van der Waals surface area contributed by atoms with E-state index in [9.17, 15) is 5.11 Å². The Morgan fingerprint density at radius 3 is 2.69 bits per heavy atom. The quantitative estimate of drug-likeness (QED) is 0.824. The van der Waals surface area contributed by atoms with Crippen molar-refractivity contribution in [2.75, 3.05) is 0 Å². The standard InChI is InChI=1S/C9H11ClINO/c1-5(13)9(12)6-3-2-4-7(11)8(6)10/h2-5,9,13H,12H2,1H3/t5-,9+/m1/s1. The van der Waals surface area contributed by atoms with Crippen molar-refractivity contribution in [1.82, 2.24) is 0 Å². The molecule has 0 saturated heterocycles. The maximum atomic E-state index is 9.30. The van der Waals surface area contributed by atoms with Crippen LogP contribution in [0.25, 0.3) is 0 Å². The maximum absolute atomic E-state index is 9.30. The van der Waals surface area contributed by atoms with Crippen LogP contribution in [-0.4, -0.2) is 11.2 Å². The second kappa shape index (κ2) is 4.59. The molecule has 1 aromatic rings. The first-order valence-electron chi connectivity index (χ1n) is 3.91. The zero-order valence-corrected chi connectivity index (χ0v) is 10.1. The third-order valence-electron chi connectivity index (χ3n) is 1.86. The molecule has 0 saturated carbocycles. The summed E-state index contributed by atoms with van der Waals surface area (Å²) in [5.74, 6) is 0. The van der Waals surface area contributed by atoms with Crippen LogP contribution in [-0.2, 0) is 0 Å². The van der Waals surface area contributed by atoms with Gasteiger partial charge in [-0.3, -0.25) is 0 Å². The lowest BCUT2D eigenvalue weighted by Gasteiger charge is -2.16. The highest BCUT2D eigenvalue weighted by atomic mass is 127. The van der Waals surface area contributed by atoms with Crippen molar-refractivity contribution in [2.45, 2.75) is 19.1 Å². The fraction of sp³-hybridized carbons (Fsp3) is 0.333. The van der Waals surface area contributed by atoms with Crippen LogP contribution in [0.4, 0.5) is 0 Å². The summed E-state index contributed by atoms with van der Waals surface area (Å²) in [6, 6.07) is 5.20. The Kier molecular flexibility index (Phi) is 3.97. The van der Waals surface area contributed by atoms with Crippen LogP contribution in [0.1, 0.15) is 18.5 Å². The summed E-state index contributed by atoms with van der Waals surface area (Å²) in [6.45, 7) is 1.65. The second-order valence-electron chi connectivity index (χ2n) is 2.91. The first kappa shape index (κ1) is 11.2. The van der Waals surface area contributed by atoms with Gasteiger partial charge >= 0.3 is 0 Å². The number of hydrogen-bond donors (Lipinski definition) is 2. The molecule has 2 nitrogen and oxygen atoms in total. The Labute approximate surface area is 96.2 Å². The average Bonchev–Trinajstić information content (AvgIpc) is 2.08. The van der Waals surface area contributed by atoms with Crippen LogP contribution in [0.2, 0.25) is 5.02 Å². The van der Waals surface area contributed by atoms with Crippen molar-refractivity contribution in [2.24, 2.45) is 5.73 Å². The molecule has 0 aromatic heterocycles. The fourth-order valence-electron chi connectivity index (χ4n) is 1.04. The van der Waals surface area contributed by atoms with Gasteiger partial charge in [0.2, 0.25) is 0 Å². The summed E-state index contributed by atoms with van der Waals surface area (Å²) >= 11 is 8.17. The van der Waals surface area contributed by atoms with E-state index in [1.807, 2.05) is 18.2 Å². The summed E-state index contributed by atoms with van der Waals surface area (Å²) in [6.07, 6.45) is -0.587. The number of nitrogens with two attached hydrogens (primary N) is 1. The normalized spacial score (nSPS) is 15.5. The highest BCUT2D eigenvalue weighted by Crippen LogP contribution is 2.27. The van der Waals surface area contributed by atoms with Gasteiger partial charge in [-0.2, -0.15) is 0 Å².